The molecule has 0 spiro atoms. The molecule has 2 saturated carbocycles. The van der Waals surface area contributed by atoms with Crippen LogP contribution in [0.4, 0.5) is 0 Å². The van der Waals surface area contributed by atoms with Crippen LogP contribution in [-0.4, -0.2) is 5.11 Å². The second-order valence-electron chi connectivity index (χ2n) is 6.31. The Bertz CT molecular complexity index is 494. The summed E-state index contributed by atoms with van der Waals surface area (Å²) in [6, 6.07) is 4.03. The molecule has 0 heterocycles. The molecule has 92 valence electrons. The lowest BCUT2D eigenvalue weighted by Crippen LogP contribution is -2.29. The van der Waals surface area contributed by atoms with Gasteiger partial charge in [0, 0.05) is 15.5 Å². The van der Waals surface area contributed by atoms with E-state index in [1.165, 1.54) is 19.3 Å². The average Bonchev–Trinajstić information content (AvgIpc) is 2.87. The fraction of sp³-hybridized carbons (Fsp3) is 0.600. The molecule has 3 rings (SSSR count). The van der Waals surface area contributed by atoms with Gasteiger partial charge in [-0.25, -0.2) is 0 Å². The third kappa shape index (κ3) is 1.36. The van der Waals surface area contributed by atoms with Crippen molar-refractivity contribution in [1.82, 2.24) is 0 Å². The highest BCUT2D eigenvalue weighted by atomic mass is 79.9. The first-order valence-corrected chi connectivity index (χ1v) is 7.17. The molecule has 1 aromatic rings. The molecule has 3 atom stereocenters. The predicted octanol–water partition coefficient (Wildman–Crippen LogP) is 4.54. The predicted molar refractivity (Wildman–Crippen MR) is 73.3 cm³/mol. The highest BCUT2D eigenvalue weighted by molar-refractivity contribution is 9.10. The van der Waals surface area contributed by atoms with E-state index in [-0.39, 0.29) is 5.41 Å². The maximum atomic E-state index is 10.3. The molecular formula is C15H19BrO. The van der Waals surface area contributed by atoms with Crippen LogP contribution in [0.3, 0.4) is 0 Å². The molecule has 0 bridgehead atoms. The summed E-state index contributed by atoms with van der Waals surface area (Å²) in [6.07, 6.45) is 3.85. The molecule has 2 aliphatic carbocycles. The fourth-order valence-electron chi connectivity index (χ4n) is 3.85. The molecule has 17 heavy (non-hydrogen) atoms. The number of hydrogen-bond acceptors (Lipinski definition) is 1. The number of aryl methyl sites for hydroxylation is 1. The Labute approximate surface area is 111 Å². The molecule has 1 aromatic carbocycles. The first-order valence-electron chi connectivity index (χ1n) is 6.38. The van der Waals surface area contributed by atoms with E-state index in [1.807, 2.05) is 13.0 Å². The lowest BCUT2D eigenvalue weighted by atomic mass is 9.70. The Morgan fingerprint density at radius 3 is 2.59 bits per heavy atom. The van der Waals surface area contributed by atoms with Crippen molar-refractivity contribution in [3.05, 3.63) is 27.7 Å². The van der Waals surface area contributed by atoms with Crippen molar-refractivity contribution in [2.45, 2.75) is 45.4 Å². The second-order valence-corrected chi connectivity index (χ2v) is 7.16. The van der Waals surface area contributed by atoms with Crippen LogP contribution >= 0.6 is 15.9 Å². The maximum Gasteiger partial charge on any atom is 0.119 e. The van der Waals surface area contributed by atoms with E-state index in [9.17, 15) is 5.11 Å². The Morgan fingerprint density at radius 2 is 2.06 bits per heavy atom. The monoisotopic (exact) mass is 294 g/mol. The van der Waals surface area contributed by atoms with Crippen LogP contribution in [-0.2, 0) is 5.41 Å². The third-order valence-corrected chi connectivity index (χ3v) is 6.39. The Hall–Kier alpha value is -0.500. The Balaban J connectivity index is 2.13. The summed E-state index contributed by atoms with van der Waals surface area (Å²) in [7, 11) is 0. The summed E-state index contributed by atoms with van der Waals surface area (Å²) in [6.45, 7) is 6.74. The van der Waals surface area contributed by atoms with E-state index in [1.54, 1.807) is 0 Å². The molecule has 0 radical (unpaired) electrons. The quantitative estimate of drug-likeness (QED) is 0.806. The average molecular weight is 295 g/mol. The van der Waals surface area contributed by atoms with Gasteiger partial charge in [0.05, 0.1) is 0 Å². The van der Waals surface area contributed by atoms with Gasteiger partial charge < -0.3 is 5.11 Å². The zero-order chi connectivity index (χ0) is 12.4. The fourth-order valence-corrected chi connectivity index (χ4v) is 4.19. The van der Waals surface area contributed by atoms with Crippen molar-refractivity contribution in [3.8, 4) is 5.75 Å². The van der Waals surface area contributed by atoms with E-state index in [0.29, 0.717) is 11.2 Å². The molecule has 0 aromatic heterocycles. The van der Waals surface area contributed by atoms with Crippen LogP contribution in [0.5, 0.6) is 5.75 Å². The van der Waals surface area contributed by atoms with Gasteiger partial charge in [0.1, 0.15) is 5.75 Å². The number of fused-ring (bicyclic) bond motifs is 1. The van der Waals surface area contributed by atoms with Gasteiger partial charge in [0.25, 0.3) is 0 Å². The zero-order valence-corrected chi connectivity index (χ0v) is 12.3. The van der Waals surface area contributed by atoms with Gasteiger partial charge in [0.2, 0.25) is 0 Å². The number of rotatable bonds is 1. The standard InChI is InChI=1S/C15H19BrO/c1-9-6-13(17)11(7-12(9)16)14(2)5-4-10-8-15(10,14)3/h6-7,10,17H,4-5,8H2,1-3H3/t10?,14-,15+/m0/s1. The second kappa shape index (κ2) is 3.28. The molecule has 0 aliphatic heterocycles. The van der Waals surface area contributed by atoms with E-state index in [4.69, 9.17) is 0 Å². The molecule has 2 fully saturated rings. The van der Waals surface area contributed by atoms with Crippen LogP contribution in [0.2, 0.25) is 0 Å². The number of phenols is 1. The van der Waals surface area contributed by atoms with Crippen molar-refractivity contribution in [2.75, 3.05) is 0 Å². The normalized spacial score (nSPS) is 39.2. The summed E-state index contributed by atoms with van der Waals surface area (Å²) in [5.41, 5.74) is 2.81. The minimum absolute atomic E-state index is 0.151. The lowest BCUT2D eigenvalue weighted by molar-refractivity contribution is 0.299. The van der Waals surface area contributed by atoms with E-state index in [0.717, 1.165) is 21.5 Å². The summed E-state index contributed by atoms with van der Waals surface area (Å²) in [4.78, 5) is 0. The molecule has 2 aliphatic rings. The molecule has 1 unspecified atom stereocenters. The van der Waals surface area contributed by atoms with Crippen LogP contribution in [0, 0.1) is 18.3 Å². The third-order valence-electron chi connectivity index (χ3n) is 5.54. The minimum Gasteiger partial charge on any atom is -0.508 e. The van der Waals surface area contributed by atoms with Crippen LogP contribution < -0.4 is 0 Å². The summed E-state index contributed by atoms with van der Waals surface area (Å²) < 4.78 is 1.11. The van der Waals surface area contributed by atoms with E-state index >= 15 is 0 Å². The van der Waals surface area contributed by atoms with Crippen molar-refractivity contribution < 1.29 is 5.11 Å². The summed E-state index contributed by atoms with van der Waals surface area (Å²) >= 11 is 3.59. The van der Waals surface area contributed by atoms with Crippen LogP contribution in [0.25, 0.3) is 0 Å². The van der Waals surface area contributed by atoms with Crippen molar-refractivity contribution in [2.24, 2.45) is 11.3 Å². The molecular weight excluding hydrogens is 276 g/mol. The molecule has 0 saturated heterocycles. The van der Waals surface area contributed by atoms with Gasteiger partial charge in [-0.3, -0.25) is 0 Å². The van der Waals surface area contributed by atoms with E-state index in [2.05, 4.69) is 35.8 Å². The summed E-state index contributed by atoms with van der Waals surface area (Å²) in [5.74, 6) is 1.36. The maximum absolute atomic E-state index is 10.3. The van der Waals surface area contributed by atoms with Gasteiger partial charge in [-0.1, -0.05) is 29.8 Å². The number of halogens is 1. The van der Waals surface area contributed by atoms with Crippen molar-refractivity contribution >= 4 is 15.9 Å². The largest absolute Gasteiger partial charge is 0.508 e. The summed E-state index contributed by atoms with van der Waals surface area (Å²) in [5, 5.41) is 10.3. The van der Waals surface area contributed by atoms with Gasteiger partial charge in [-0.15, -0.1) is 0 Å². The SMILES string of the molecule is Cc1cc(O)c([C@]2(C)CCC3C[C@]32C)cc1Br. The highest BCUT2D eigenvalue weighted by Crippen LogP contribution is 2.73. The topological polar surface area (TPSA) is 20.2 Å². The van der Waals surface area contributed by atoms with Gasteiger partial charge in [-0.05, 0) is 55.2 Å². The minimum atomic E-state index is 0.151. The number of hydrogen-bond donors (Lipinski definition) is 1. The van der Waals surface area contributed by atoms with Gasteiger partial charge >= 0.3 is 0 Å². The Kier molecular flexibility index (Phi) is 2.24. The Morgan fingerprint density at radius 1 is 1.35 bits per heavy atom. The zero-order valence-electron chi connectivity index (χ0n) is 10.7. The molecule has 0 amide bonds. The van der Waals surface area contributed by atoms with Gasteiger partial charge in [0.15, 0.2) is 0 Å². The number of benzene rings is 1. The first-order chi connectivity index (χ1) is 7.88. The molecule has 1 N–H and O–H groups in total. The van der Waals surface area contributed by atoms with Crippen molar-refractivity contribution in [3.63, 3.8) is 0 Å². The van der Waals surface area contributed by atoms with E-state index < -0.39 is 0 Å². The molecule has 2 heteroatoms. The molecule has 1 nitrogen and oxygen atoms in total. The lowest BCUT2D eigenvalue weighted by Gasteiger charge is -2.34. The number of aromatic hydroxyl groups is 1. The first kappa shape index (κ1) is 11.6. The van der Waals surface area contributed by atoms with Gasteiger partial charge in [-0.2, -0.15) is 0 Å². The highest BCUT2D eigenvalue weighted by Gasteiger charge is 2.66. The smallest absolute Gasteiger partial charge is 0.119 e. The van der Waals surface area contributed by atoms with Crippen LogP contribution in [0.1, 0.15) is 44.2 Å². The van der Waals surface area contributed by atoms with Crippen LogP contribution in [0.15, 0.2) is 16.6 Å². The number of phenolic OH excluding ortho intramolecular Hbond substituents is 1. The van der Waals surface area contributed by atoms with Crippen molar-refractivity contribution in [1.29, 1.82) is 0 Å².